The lowest BCUT2D eigenvalue weighted by Gasteiger charge is -2.05. The van der Waals surface area contributed by atoms with Crippen molar-refractivity contribution >= 4 is 11.9 Å². The number of hydrogen-bond donors (Lipinski definition) is 3. The van der Waals surface area contributed by atoms with Crippen LogP contribution in [0.5, 0.6) is 0 Å². The third-order valence-corrected chi connectivity index (χ3v) is 2.49. The largest absolute Gasteiger partial charge is 0.479 e. The van der Waals surface area contributed by atoms with Gasteiger partial charge in [0.05, 0.1) is 18.4 Å². The number of aliphatic carboxylic acids is 1. The van der Waals surface area contributed by atoms with Gasteiger partial charge >= 0.3 is 5.97 Å². The molecule has 0 saturated heterocycles. The van der Waals surface area contributed by atoms with Gasteiger partial charge in [-0.3, -0.25) is 4.79 Å². The van der Waals surface area contributed by atoms with Gasteiger partial charge in [-0.25, -0.2) is 9.48 Å². The Kier molecular flexibility index (Phi) is 4.06. The van der Waals surface area contributed by atoms with Gasteiger partial charge in [-0.1, -0.05) is 23.4 Å². The summed E-state index contributed by atoms with van der Waals surface area (Å²) in [5.74, 6) is -2.01. The molecule has 1 aromatic heterocycles. The summed E-state index contributed by atoms with van der Waals surface area (Å²) in [6, 6.07) is 9.08. The Morgan fingerprint density at radius 1 is 1.30 bits per heavy atom. The monoisotopic (exact) mass is 276 g/mol. The van der Waals surface area contributed by atoms with Crippen molar-refractivity contribution in [2.75, 3.05) is 6.54 Å². The normalized spacial score (nSPS) is 11.8. The minimum atomic E-state index is -1.65. The molecule has 0 unspecified atom stereocenters. The number of rotatable bonds is 5. The molecule has 1 heterocycles. The van der Waals surface area contributed by atoms with Gasteiger partial charge in [-0.15, -0.1) is 5.10 Å². The number of aromatic nitrogens is 3. The Balaban J connectivity index is 2.02. The first-order valence-electron chi connectivity index (χ1n) is 5.75. The van der Waals surface area contributed by atoms with Crippen LogP contribution in [-0.2, 0) is 4.79 Å². The third-order valence-electron chi connectivity index (χ3n) is 2.49. The fraction of sp³-hybridized carbons (Fsp3) is 0.167. The highest BCUT2D eigenvalue weighted by atomic mass is 16.4. The zero-order valence-corrected chi connectivity index (χ0v) is 10.3. The van der Waals surface area contributed by atoms with Gasteiger partial charge < -0.3 is 15.5 Å². The predicted molar refractivity (Wildman–Crippen MR) is 67.3 cm³/mol. The van der Waals surface area contributed by atoms with E-state index in [9.17, 15) is 9.59 Å². The number of hydrogen-bond acceptors (Lipinski definition) is 5. The Morgan fingerprint density at radius 2 is 2.00 bits per heavy atom. The Labute approximate surface area is 113 Å². The average Bonchev–Trinajstić information content (AvgIpc) is 2.95. The van der Waals surface area contributed by atoms with Crippen LogP contribution in [-0.4, -0.2) is 49.7 Å². The van der Waals surface area contributed by atoms with Crippen molar-refractivity contribution in [1.82, 2.24) is 20.3 Å². The molecule has 1 amide bonds. The van der Waals surface area contributed by atoms with Crippen molar-refractivity contribution in [2.24, 2.45) is 0 Å². The average molecular weight is 276 g/mol. The highest BCUT2D eigenvalue weighted by Gasteiger charge is 2.16. The Bertz CT molecular complexity index is 611. The standard InChI is InChI=1S/C12H12N4O4/c17-10(12(19)20)6-13-11(18)9-7-16(15-14-9)8-4-2-1-3-5-8/h1-5,7,10,17H,6H2,(H,13,18)(H,19,20)/t10-/m0/s1. The molecule has 2 rings (SSSR count). The minimum absolute atomic E-state index is 0.0337. The number of nitrogens with one attached hydrogen (secondary N) is 1. The topological polar surface area (TPSA) is 117 Å². The van der Waals surface area contributed by atoms with E-state index >= 15 is 0 Å². The Morgan fingerprint density at radius 3 is 2.65 bits per heavy atom. The summed E-state index contributed by atoms with van der Waals surface area (Å²) in [7, 11) is 0. The number of amides is 1. The smallest absolute Gasteiger partial charge is 0.334 e. The molecule has 0 aliphatic rings. The summed E-state index contributed by atoms with van der Waals surface area (Å²) in [6.45, 7) is -0.396. The lowest BCUT2D eigenvalue weighted by Crippen LogP contribution is -2.36. The molecule has 0 fully saturated rings. The van der Waals surface area contributed by atoms with Crippen molar-refractivity contribution in [3.05, 3.63) is 42.2 Å². The summed E-state index contributed by atoms with van der Waals surface area (Å²) in [6.07, 6.45) is -0.235. The lowest BCUT2D eigenvalue weighted by atomic mass is 10.3. The highest BCUT2D eigenvalue weighted by molar-refractivity contribution is 5.92. The van der Waals surface area contributed by atoms with Crippen molar-refractivity contribution in [3.63, 3.8) is 0 Å². The van der Waals surface area contributed by atoms with Crippen molar-refractivity contribution < 1.29 is 19.8 Å². The van der Waals surface area contributed by atoms with Gasteiger partial charge in [-0.2, -0.15) is 0 Å². The third kappa shape index (κ3) is 3.18. The summed E-state index contributed by atoms with van der Waals surface area (Å²) in [4.78, 5) is 22.1. The molecule has 8 heteroatoms. The fourth-order valence-corrected chi connectivity index (χ4v) is 1.44. The second kappa shape index (κ2) is 5.93. The van der Waals surface area contributed by atoms with Crippen molar-refractivity contribution in [1.29, 1.82) is 0 Å². The molecule has 104 valence electrons. The van der Waals surface area contributed by atoms with Gasteiger partial charge in [0, 0.05) is 0 Å². The van der Waals surface area contributed by atoms with E-state index in [1.807, 2.05) is 18.2 Å². The molecule has 20 heavy (non-hydrogen) atoms. The highest BCUT2D eigenvalue weighted by Crippen LogP contribution is 2.05. The van der Waals surface area contributed by atoms with E-state index in [4.69, 9.17) is 10.2 Å². The predicted octanol–water partition coefficient (Wildman–Crippen LogP) is -0.557. The lowest BCUT2D eigenvalue weighted by molar-refractivity contribution is -0.146. The molecule has 0 saturated carbocycles. The van der Waals surface area contributed by atoms with Crippen LogP contribution in [0.2, 0.25) is 0 Å². The quantitative estimate of drug-likeness (QED) is 0.674. The minimum Gasteiger partial charge on any atom is -0.479 e. The molecule has 2 aromatic rings. The molecular weight excluding hydrogens is 264 g/mol. The van der Waals surface area contributed by atoms with Crippen LogP contribution in [0.3, 0.4) is 0 Å². The van der Waals surface area contributed by atoms with E-state index in [0.717, 1.165) is 5.69 Å². The first kappa shape index (κ1) is 13.7. The van der Waals surface area contributed by atoms with Crippen LogP contribution in [0.4, 0.5) is 0 Å². The first-order chi connectivity index (χ1) is 9.58. The van der Waals surface area contributed by atoms with E-state index in [-0.39, 0.29) is 5.69 Å². The second-order valence-electron chi connectivity index (χ2n) is 3.95. The summed E-state index contributed by atoms with van der Waals surface area (Å²) in [5.41, 5.74) is 0.774. The SMILES string of the molecule is O=C(NC[C@H](O)C(=O)O)c1cn(-c2ccccc2)nn1. The Hall–Kier alpha value is -2.74. The van der Waals surface area contributed by atoms with Gasteiger partial charge in [0.15, 0.2) is 11.8 Å². The molecule has 0 radical (unpaired) electrons. The molecule has 1 aromatic carbocycles. The number of aliphatic hydroxyl groups is 1. The summed E-state index contributed by atoms with van der Waals surface area (Å²) < 4.78 is 1.42. The van der Waals surface area contributed by atoms with Gasteiger partial charge in [0.2, 0.25) is 0 Å². The molecule has 0 spiro atoms. The molecular formula is C12H12N4O4. The van der Waals surface area contributed by atoms with Crippen LogP contribution in [0.1, 0.15) is 10.5 Å². The summed E-state index contributed by atoms with van der Waals surface area (Å²) >= 11 is 0. The number of para-hydroxylation sites is 1. The maximum absolute atomic E-state index is 11.7. The summed E-state index contributed by atoms with van der Waals surface area (Å²) in [5, 5.41) is 27.3. The maximum atomic E-state index is 11.7. The molecule has 1 atom stereocenters. The molecule has 0 aliphatic heterocycles. The van der Waals surface area contributed by atoms with Crippen LogP contribution in [0.15, 0.2) is 36.5 Å². The van der Waals surface area contributed by atoms with Crippen LogP contribution in [0.25, 0.3) is 5.69 Å². The maximum Gasteiger partial charge on any atom is 0.334 e. The van der Waals surface area contributed by atoms with E-state index in [2.05, 4.69) is 15.6 Å². The van der Waals surface area contributed by atoms with Crippen molar-refractivity contribution in [2.45, 2.75) is 6.10 Å². The van der Waals surface area contributed by atoms with E-state index in [0.29, 0.717) is 0 Å². The number of carbonyl (C=O) groups excluding carboxylic acids is 1. The zero-order valence-electron chi connectivity index (χ0n) is 10.3. The molecule has 0 bridgehead atoms. The first-order valence-corrected chi connectivity index (χ1v) is 5.75. The number of carboxylic acid groups (broad SMARTS) is 1. The van der Waals surface area contributed by atoms with E-state index < -0.39 is 24.5 Å². The van der Waals surface area contributed by atoms with Gasteiger partial charge in [0.1, 0.15) is 0 Å². The van der Waals surface area contributed by atoms with Gasteiger partial charge in [-0.05, 0) is 12.1 Å². The van der Waals surface area contributed by atoms with Gasteiger partial charge in [0.25, 0.3) is 5.91 Å². The zero-order chi connectivity index (χ0) is 14.5. The number of nitrogens with zero attached hydrogens (tertiary/aromatic N) is 3. The van der Waals surface area contributed by atoms with Crippen LogP contribution >= 0.6 is 0 Å². The number of benzene rings is 1. The van der Waals surface area contributed by atoms with E-state index in [1.54, 1.807) is 12.1 Å². The molecule has 0 aliphatic carbocycles. The fourth-order valence-electron chi connectivity index (χ4n) is 1.44. The molecule has 3 N–H and O–H groups in total. The van der Waals surface area contributed by atoms with Crippen LogP contribution < -0.4 is 5.32 Å². The number of carbonyl (C=O) groups is 2. The van der Waals surface area contributed by atoms with Crippen LogP contribution in [0, 0.1) is 0 Å². The molecule has 8 nitrogen and oxygen atoms in total. The number of carboxylic acids is 1. The second-order valence-corrected chi connectivity index (χ2v) is 3.95. The number of aliphatic hydroxyl groups excluding tert-OH is 1. The van der Waals surface area contributed by atoms with E-state index in [1.165, 1.54) is 10.9 Å². The van der Waals surface area contributed by atoms with Crippen molar-refractivity contribution in [3.8, 4) is 5.69 Å².